The van der Waals surface area contributed by atoms with E-state index in [1.54, 1.807) is 6.92 Å². The van der Waals surface area contributed by atoms with Crippen molar-refractivity contribution in [3.05, 3.63) is 53.3 Å². The van der Waals surface area contributed by atoms with Crippen LogP contribution in [0.2, 0.25) is 0 Å². The van der Waals surface area contributed by atoms with Gasteiger partial charge in [0.15, 0.2) is 0 Å². The quantitative estimate of drug-likeness (QED) is 0.630. The van der Waals surface area contributed by atoms with Crippen molar-refractivity contribution in [1.29, 1.82) is 0 Å². The molecule has 0 aliphatic carbocycles. The highest BCUT2D eigenvalue weighted by Gasteiger charge is 2.33. The van der Waals surface area contributed by atoms with Crippen molar-refractivity contribution in [2.75, 3.05) is 11.1 Å². The molecule has 0 aliphatic heterocycles. The van der Waals surface area contributed by atoms with Crippen molar-refractivity contribution >= 4 is 17.1 Å². The fourth-order valence-electron chi connectivity index (χ4n) is 1.80. The maximum absolute atomic E-state index is 13.0. The van der Waals surface area contributed by atoms with Gasteiger partial charge in [-0.1, -0.05) is 0 Å². The number of aryl methyl sites for hydroxylation is 1. The third-order valence-electron chi connectivity index (χ3n) is 2.83. The molecule has 0 unspecified atom stereocenters. The molecule has 6 heteroatoms. The SMILES string of the molecule is Cc1cc(F)ccc1Nc1ccc(N)c(C(F)(F)F)c1. The van der Waals surface area contributed by atoms with Gasteiger partial charge in [-0.3, -0.25) is 0 Å². The topological polar surface area (TPSA) is 38.0 Å². The van der Waals surface area contributed by atoms with Crippen molar-refractivity contribution in [2.45, 2.75) is 13.1 Å². The van der Waals surface area contributed by atoms with Gasteiger partial charge >= 0.3 is 6.18 Å². The zero-order valence-electron chi connectivity index (χ0n) is 10.6. The monoisotopic (exact) mass is 284 g/mol. The van der Waals surface area contributed by atoms with Gasteiger partial charge in [0.2, 0.25) is 0 Å². The van der Waals surface area contributed by atoms with Crippen LogP contribution in [0.1, 0.15) is 11.1 Å². The van der Waals surface area contributed by atoms with Crippen LogP contribution in [0.15, 0.2) is 36.4 Å². The molecule has 0 atom stereocenters. The summed E-state index contributed by atoms with van der Waals surface area (Å²) < 4.78 is 51.2. The van der Waals surface area contributed by atoms with E-state index in [-0.39, 0.29) is 11.4 Å². The van der Waals surface area contributed by atoms with Gasteiger partial charge in [-0.15, -0.1) is 0 Å². The Morgan fingerprint density at radius 1 is 1.05 bits per heavy atom. The van der Waals surface area contributed by atoms with Crippen LogP contribution in [0.4, 0.5) is 34.6 Å². The number of nitrogens with one attached hydrogen (secondary N) is 1. The molecule has 0 radical (unpaired) electrons. The van der Waals surface area contributed by atoms with Gasteiger partial charge in [-0.2, -0.15) is 13.2 Å². The molecule has 0 amide bonds. The molecule has 0 aromatic heterocycles. The van der Waals surface area contributed by atoms with Crippen LogP contribution in [0, 0.1) is 12.7 Å². The van der Waals surface area contributed by atoms with Crippen LogP contribution in [0.25, 0.3) is 0 Å². The first-order valence-electron chi connectivity index (χ1n) is 5.77. The lowest BCUT2D eigenvalue weighted by atomic mass is 10.1. The molecule has 2 nitrogen and oxygen atoms in total. The van der Waals surface area contributed by atoms with Gasteiger partial charge in [0.25, 0.3) is 0 Å². The predicted octanol–water partition coefficient (Wildman–Crippen LogP) is 4.48. The molecule has 2 rings (SSSR count). The second-order valence-electron chi connectivity index (χ2n) is 4.38. The first kappa shape index (κ1) is 14.2. The van der Waals surface area contributed by atoms with Crippen LogP contribution < -0.4 is 11.1 Å². The number of alkyl halides is 3. The van der Waals surface area contributed by atoms with Crippen molar-refractivity contribution in [3.8, 4) is 0 Å². The summed E-state index contributed by atoms with van der Waals surface area (Å²) in [5.41, 5.74) is 5.45. The molecule has 106 valence electrons. The Morgan fingerprint density at radius 2 is 1.75 bits per heavy atom. The molecule has 0 saturated carbocycles. The standard InChI is InChI=1S/C14H12F4N2/c1-8-6-9(15)2-5-13(8)20-10-3-4-12(19)11(7-10)14(16,17)18/h2-7,20H,19H2,1H3. The van der Waals surface area contributed by atoms with Crippen molar-refractivity contribution in [3.63, 3.8) is 0 Å². The lowest BCUT2D eigenvalue weighted by molar-refractivity contribution is -0.136. The summed E-state index contributed by atoms with van der Waals surface area (Å²) in [4.78, 5) is 0. The van der Waals surface area contributed by atoms with Crippen LogP contribution in [-0.4, -0.2) is 0 Å². The number of rotatable bonds is 2. The predicted molar refractivity (Wildman–Crippen MR) is 70.3 cm³/mol. The van der Waals surface area contributed by atoms with E-state index in [0.29, 0.717) is 11.3 Å². The molecule has 2 aromatic rings. The van der Waals surface area contributed by atoms with Crippen LogP contribution in [0.3, 0.4) is 0 Å². The highest BCUT2D eigenvalue weighted by molar-refractivity contribution is 5.66. The van der Waals surface area contributed by atoms with E-state index in [4.69, 9.17) is 5.73 Å². The Labute approximate surface area is 113 Å². The second kappa shape index (κ2) is 5.03. The smallest absolute Gasteiger partial charge is 0.398 e. The Kier molecular flexibility index (Phi) is 3.57. The molecular weight excluding hydrogens is 272 g/mol. The first-order chi connectivity index (χ1) is 9.27. The first-order valence-corrected chi connectivity index (χ1v) is 5.77. The van der Waals surface area contributed by atoms with Gasteiger partial charge < -0.3 is 11.1 Å². The van der Waals surface area contributed by atoms with Gasteiger partial charge in [0.1, 0.15) is 5.82 Å². The summed E-state index contributed by atoms with van der Waals surface area (Å²) in [7, 11) is 0. The fourth-order valence-corrected chi connectivity index (χ4v) is 1.80. The second-order valence-corrected chi connectivity index (χ2v) is 4.38. The van der Waals surface area contributed by atoms with Gasteiger partial charge in [0.05, 0.1) is 5.56 Å². The number of halogens is 4. The Morgan fingerprint density at radius 3 is 2.35 bits per heavy atom. The molecule has 0 bridgehead atoms. The minimum Gasteiger partial charge on any atom is -0.398 e. The summed E-state index contributed by atoms with van der Waals surface area (Å²) in [6.07, 6.45) is -4.51. The average molecular weight is 284 g/mol. The molecular formula is C14H12F4N2. The van der Waals surface area contributed by atoms with Gasteiger partial charge in [0, 0.05) is 17.1 Å². The van der Waals surface area contributed by atoms with E-state index in [1.807, 2.05) is 0 Å². The third kappa shape index (κ3) is 3.01. The Balaban J connectivity index is 2.35. The normalized spacial score (nSPS) is 11.4. The minimum atomic E-state index is -4.51. The largest absolute Gasteiger partial charge is 0.418 e. The van der Waals surface area contributed by atoms with Crippen LogP contribution >= 0.6 is 0 Å². The van der Waals surface area contributed by atoms with Crippen molar-refractivity contribution in [2.24, 2.45) is 0 Å². The molecule has 3 N–H and O–H groups in total. The highest BCUT2D eigenvalue weighted by atomic mass is 19.4. The van der Waals surface area contributed by atoms with E-state index >= 15 is 0 Å². The number of benzene rings is 2. The Hall–Kier alpha value is -2.24. The summed E-state index contributed by atoms with van der Waals surface area (Å²) in [6, 6.07) is 7.55. The number of anilines is 3. The van der Waals surface area contributed by atoms with E-state index in [0.717, 1.165) is 6.07 Å². The zero-order valence-corrected chi connectivity index (χ0v) is 10.6. The maximum atomic E-state index is 13.0. The minimum absolute atomic E-state index is 0.237. The van der Waals surface area contributed by atoms with E-state index in [2.05, 4.69) is 5.32 Å². The number of nitrogen functional groups attached to an aromatic ring is 1. The highest BCUT2D eigenvalue weighted by Crippen LogP contribution is 2.35. The lowest BCUT2D eigenvalue weighted by Crippen LogP contribution is -2.09. The van der Waals surface area contributed by atoms with Gasteiger partial charge in [-0.25, -0.2) is 4.39 Å². The Bertz CT molecular complexity index is 636. The summed E-state index contributed by atoms with van der Waals surface area (Å²) in [6.45, 7) is 1.66. The molecule has 0 aliphatic rings. The average Bonchev–Trinajstić information content (AvgIpc) is 2.33. The number of hydrogen-bond acceptors (Lipinski definition) is 2. The summed E-state index contributed by atoms with van der Waals surface area (Å²) >= 11 is 0. The zero-order chi connectivity index (χ0) is 14.9. The number of hydrogen-bond donors (Lipinski definition) is 2. The van der Waals surface area contributed by atoms with Crippen LogP contribution in [-0.2, 0) is 6.18 Å². The van der Waals surface area contributed by atoms with E-state index in [9.17, 15) is 17.6 Å². The van der Waals surface area contributed by atoms with E-state index < -0.39 is 17.6 Å². The lowest BCUT2D eigenvalue weighted by Gasteiger charge is -2.14. The molecule has 2 aromatic carbocycles. The molecule has 0 spiro atoms. The third-order valence-corrected chi connectivity index (χ3v) is 2.83. The van der Waals surface area contributed by atoms with Crippen molar-refractivity contribution in [1.82, 2.24) is 0 Å². The fraction of sp³-hybridized carbons (Fsp3) is 0.143. The van der Waals surface area contributed by atoms with Crippen LogP contribution in [0.5, 0.6) is 0 Å². The number of nitrogens with two attached hydrogens (primary N) is 1. The van der Waals surface area contributed by atoms with Gasteiger partial charge in [-0.05, 0) is 48.9 Å². The molecule has 0 fully saturated rings. The van der Waals surface area contributed by atoms with Crippen molar-refractivity contribution < 1.29 is 17.6 Å². The van der Waals surface area contributed by atoms with E-state index in [1.165, 1.54) is 30.3 Å². The summed E-state index contributed by atoms with van der Waals surface area (Å²) in [5, 5.41) is 2.82. The molecule has 20 heavy (non-hydrogen) atoms. The molecule has 0 saturated heterocycles. The molecule has 0 heterocycles. The maximum Gasteiger partial charge on any atom is 0.418 e. The summed E-state index contributed by atoms with van der Waals surface area (Å²) in [5.74, 6) is -0.402.